The van der Waals surface area contributed by atoms with E-state index in [1.165, 1.54) is 24.7 Å². The average molecular weight is 260 g/mol. The minimum Gasteiger partial charge on any atom is -0.399 e. The summed E-state index contributed by atoms with van der Waals surface area (Å²) in [5, 5.41) is 4.39. The van der Waals surface area contributed by atoms with Crippen molar-refractivity contribution in [3.05, 3.63) is 41.4 Å². The quantitative estimate of drug-likeness (QED) is 0.471. The number of hydrogen-bond donors (Lipinski definition) is 0. The van der Waals surface area contributed by atoms with Crippen LogP contribution in [0.15, 0.2) is 41.7 Å². The Morgan fingerprint density at radius 1 is 1.44 bits per heavy atom. The molecule has 92 valence electrons. The molecular formula is C13H12N2O2S. The molecule has 0 amide bonds. The van der Waals surface area contributed by atoms with Crippen LogP contribution in [0, 0.1) is 0 Å². The van der Waals surface area contributed by atoms with Gasteiger partial charge in [-0.1, -0.05) is 35.5 Å². The number of nitrogens with zero attached hydrogens (tertiary/aromatic N) is 2. The Morgan fingerprint density at radius 3 is 2.94 bits per heavy atom. The smallest absolute Gasteiger partial charge is 0.179 e. The van der Waals surface area contributed by atoms with E-state index >= 15 is 0 Å². The van der Waals surface area contributed by atoms with Crippen LogP contribution in [0.4, 0.5) is 0 Å². The Bertz CT molecular complexity index is 549. The minimum absolute atomic E-state index is 0.00418. The number of rotatable bonds is 5. The molecule has 0 saturated heterocycles. The van der Waals surface area contributed by atoms with Gasteiger partial charge in [-0.05, 0) is 0 Å². The molecule has 0 atom stereocenters. The highest BCUT2D eigenvalue weighted by atomic mass is 32.1. The molecule has 0 aliphatic heterocycles. The van der Waals surface area contributed by atoms with Crippen molar-refractivity contribution in [2.24, 2.45) is 5.16 Å². The van der Waals surface area contributed by atoms with Crippen LogP contribution >= 0.6 is 11.3 Å². The third-order valence-corrected chi connectivity index (χ3v) is 3.35. The minimum atomic E-state index is -0.00418. The van der Waals surface area contributed by atoms with Crippen molar-refractivity contribution < 1.29 is 9.63 Å². The van der Waals surface area contributed by atoms with Crippen LogP contribution in [-0.4, -0.2) is 24.1 Å². The van der Waals surface area contributed by atoms with E-state index in [0.29, 0.717) is 4.88 Å². The second kappa shape index (κ2) is 6.07. The Balaban J connectivity index is 2.11. The van der Waals surface area contributed by atoms with Crippen molar-refractivity contribution in [2.45, 2.75) is 6.42 Å². The van der Waals surface area contributed by atoms with Crippen molar-refractivity contribution in [3.63, 3.8) is 0 Å². The molecule has 0 bridgehead atoms. The summed E-state index contributed by atoms with van der Waals surface area (Å²) in [6.07, 6.45) is 3.28. The van der Waals surface area contributed by atoms with Crippen molar-refractivity contribution in [1.82, 2.24) is 4.98 Å². The second-order valence-electron chi connectivity index (χ2n) is 3.49. The maximum absolute atomic E-state index is 11.8. The first-order chi connectivity index (χ1) is 8.81. The summed E-state index contributed by atoms with van der Waals surface area (Å²) in [6.45, 7) is 0. The number of ketones is 1. The summed E-state index contributed by atoms with van der Waals surface area (Å²) < 4.78 is 0. The first-order valence-corrected chi connectivity index (χ1v) is 6.22. The monoisotopic (exact) mass is 260 g/mol. The van der Waals surface area contributed by atoms with Gasteiger partial charge in [0.2, 0.25) is 0 Å². The molecule has 18 heavy (non-hydrogen) atoms. The third kappa shape index (κ3) is 3.01. The summed E-state index contributed by atoms with van der Waals surface area (Å²) in [7, 11) is 1.45. The molecule has 5 heteroatoms. The SMILES string of the molecule is CON=CCC(=O)c1cnc(-c2ccccc2)s1. The van der Waals surface area contributed by atoms with Crippen LogP contribution in [-0.2, 0) is 4.84 Å². The van der Waals surface area contributed by atoms with Gasteiger partial charge in [-0.3, -0.25) is 4.79 Å². The number of carbonyl (C=O) groups is 1. The first kappa shape index (κ1) is 12.4. The third-order valence-electron chi connectivity index (χ3n) is 2.26. The summed E-state index contributed by atoms with van der Waals surface area (Å²) >= 11 is 1.39. The van der Waals surface area contributed by atoms with Gasteiger partial charge in [0.15, 0.2) is 5.78 Å². The lowest BCUT2D eigenvalue weighted by molar-refractivity contribution is 0.100. The van der Waals surface area contributed by atoms with Gasteiger partial charge in [0, 0.05) is 11.8 Å². The number of hydrogen-bond acceptors (Lipinski definition) is 5. The number of Topliss-reactive ketones (excluding diaryl/α,β-unsaturated/α-hetero) is 1. The lowest BCUT2D eigenvalue weighted by Gasteiger charge is -1.93. The average Bonchev–Trinajstić information content (AvgIpc) is 2.89. The first-order valence-electron chi connectivity index (χ1n) is 5.40. The molecule has 1 heterocycles. The van der Waals surface area contributed by atoms with Gasteiger partial charge in [-0.15, -0.1) is 11.3 Å². The lowest BCUT2D eigenvalue weighted by Crippen LogP contribution is -1.96. The maximum atomic E-state index is 11.8. The molecule has 0 aliphatic carbocycles. The fourth-order valence-electron chi connectivity index (χ4n) is 1.41. The van der Waals surface area contributed by atoms with Gasteiger partial charge in [0.25, 0.3) is 0 Å². The van der Waals surface area contributed by atoms with Gasteiger partial charge in [0.1, 0.15) is 12.1 Å². The van der Waals surface area contributed by atoms with E-state index in [9.17, 15) is 4.79 Å². The molecule has 0 radical (unpaired) electrons. The number of oxime groups is 1. The predicted octanol–water partition coefficient (Wildman–Crippen LogP) is 3.02. The van der Waals surface area contributed by atoms with E-state index in [-0.39, 0.29) is 12.2 Å². The Morgan fingerprint density at radius 2 is 2.22 bits per heavy atom. The summed E-state index contributed by atoms with van der Waals surface area (Å²) in [5.74, 6) is -0.00418. The Kier molecular flexibility index (Phi) is 4.20. The normalized spacial score (nSPS) is 10.7. The van der Waals surface area contributed by atoms with Crippen molar-refractivity contribution in [3.8, 4) is 10.6 Å². The van der Waals surface area contributed by atoms with Gasteiger partial charge in [-0.2, -0.15) is 0 Å². The van der Waals surface area contributed by atoms with Gasteiger partial charge < -0.3 is 4.84 Å². The van der Waals surface area contributed by atoms with Crippen LogP contribution < -0.4 is 0 Å². The number of benzene rings is 1. The van der Waals surface area contributed by atoms with Crippen molar-refractivity contribution >= 4 is 23.3 Å². The lowest BCUT2D eigenvalue weighted by atomic mass is 10.2. The number of aromatic nitrogens is 1. The summed E-state index contributed by atoms with van der Waals surface area (Å²) in [4.78, 5) is 21.2. The Hall–Kier alpha value is -2.01. The molecule has 1 aromatic heterocycles. The van der Waals surface area contributed by atoms with Crippen LogP contribution in [0.25, 0.3) is 10.6 Å². The molecule has 0 N–H and O–H groups in total. The van der Waals surface area contributed by atoms with E-state index in [1.54, 1.807) is 6.20 Å². The highest BCUT2D eigenvalue weighted by Gasteiger charge is 2.10. The highest BCUT2D eigenvalue weighted by Crippen LogP contribution is 2.25. The van der Waals surface area contributed by atoms with Gasteiger partial charge in [-0.25, -0.2) is 4.98 Å². The fourth-order valence-corrected chi connectivity index (χ4v) is 2.28. The maximum Gasteiger partial charge on any atom is 0.179 e. The van der Waals surface area contributed by atoms with Crippen molar-refractivity contribution in [1.29, 1.82) is 0 Å². The zero-order valence-corrected chi connectivity index (χ0v) is 10.7. The topological polar surface area (TPSA) is 51.5 Å². The summed E-state index contributed by atoms with van der Waals surface area (Å²) in [6, 6.07) is 9.79. The van der Waals surface area contributed by atoms with Crippen LogP contribution in [0.3, 0.4) is 0 Å². The van der Waals surface area contributed by atoms with Gasteiger partial charge >= 0.3 is 0 Å². The molecule has 1 aromatic carbocycles. The molecule has 0 fully saturated rings. The van der Waals surface area contributed by atoms with E-state index in [2.05, 4.69) is 15.0 Å². The van der Waals surface area contributed by atoms with Crippen LogP contribution in [0.1, 0.15) is 16.1 Å². The molecule has 0 spiro atoms. The zero-order valence-electron chi connectivity index (χ0n) is 9.87. The number of thiazole rings is 1. The molecule has 0 unspecified atom stereocenters. The van der Waals surface area contributed by atoms with E-state index in [4.69, 9.17) is 0 Å². The molecule has 0 aliphatic rings. The Labute approximate surface area is 109 Å². The van der Waals surface area contributed by atoms with Crippen molar-refractivity contribution in [2.75, 3.05) is 7.11 Å². The fraction of sp³-hybridized carbons (Fsp3) is 0.154. The molecule has 4 nitrogen and oxygen atoms in total. The van der Waals surface area contributed by atoms with Crippen LogP contribution in [0.2, 0.25) is 0 Å². The van der Waals surface area contributed by atoms with E-state index < -0.39 is 0 Å². The van der Waals surface area contributed by atoms with E-state index in [0.717, 1.165) is 10.6 Å². The molecular weight excluding hydrogens is 248 g/mol. The van der Waals surface area contributed by atoms with E-state index in [1.807, 2.05) is 30.3 Å². The molecule has 2 rings (SSSR count). The molecule has 0 saturated carbocycles. The second-order valence-corrected chi connectivity index (χ2v) is 4.52. The van der Waals surface area contributed by atoms with Crippen LogP contribution in [0.5, 0.6) is 0 Å². The largest absolute Gasteiger partial charge is 0.399 e. The van der Waals surface area contributed by atoms with Gasteiger partial charge in [0.05, 0.1) is 17.5 Å². The predicted molar refractivity (Wildman–Crippen MR) is 72.0 cm³/mol. The molecule has 2 aromatic rings. The highest BCUT2D eigenvalue weighted by molar-refractivity contribution is 7.17. The summed E-state index contributed by atoms with van der Waals surface area (Å²) in [5.41, 5.74) is 1.02. The standard InChI is InChI=1S/C13H12N2O2S/c1-17-15-8-7-11(16)12-9-14-13(18-12)10-5-3-2-4-6-10/h2-6,8-9H,7H2,1H3. The zero-order chi connectivity index (χ0) is 12.8. The number of carbonyl (C=O) groups excluding carboxylic acids is 1.